The lowest BCUT2D eigenvalue weighted by molar-refractivity contribution is -0.133. The Morgan fingerprint density at radius 3 is 2.41 bits per heavy atom. The van der Waals surface area contributed by atoms with Crippen LogP contribution < -0.4 is 20.1 Å². The first-order valence-corrected chi connectivity index (χ1v) is 12.8. The second-order valence-corrected chi connectivity index (χ2v) is 9.24. The SMILES string of the molecule is CCC(CC)O[C@@H]1C=C(C(=O)O)C[C@H](NCc2ccc(OCc3cccc(OC)c3)cc2)[C@H]1NC(C)=O. The Bertz CT molecular complexity index is 1060. The lowest BCUT2D eigenvalue weighted by Gasteiger charge is -2.38. The highest BCUT2D eigenvalue weighted by molar-refractivity contribution is 5.87. The summed E-state index contributed by atoms with van der Waals surface area (Å²) in [6, 6.07) is 14.8. The Balaban J connectivity index is 1.66. The molecule has 37 heavy (non-hydrogen) atoms. The van der Waals surface area contributed by atoms with Crippen LogP contribution in [0.25, 0.3) is 0 Å². The molecule has 8 nitrogen and oxygen atoms in total. The molecule has 0 saturated carbocycles. The van der Waals surface area contributed by atoms with Gasteiger partial charge in [-0.1, -0.05) is 38.1 Å². The molecule has 0 aliphatic heterocycles. The second kappa shape index (κ2) is 13.8. The number of hydrogen-bond acceptors (Lipinski definition) is 6. The van der Waals surface area contributed by atoms with Crippen molar-refractivity contribution in [2.75, 3.05) is 7.11 Å². The highest BCUT2D eigenvalue weighted by Crippen LogP contribution is 2.25. The Morgan fingerprint density at radius 1 is 1.05 bits per heavy atom. The number of carbonyl (C=O) groups excluding carboxylic acids is 1. The minimum atomic E-state index is -0.969. The Labute approximate surface area is 219 Å². The molecular formula is C29H38N2O6. The predicted molar refractivity (Wildman–Crippen MR) is 142 cm³/mol. The number of hydrogen-bond donors (Lipinski definition) is 3. The molecule has 200 valence electrons. The summed E-state index contributed by atoms with van der Waals surface area (Å²) < 4.78 is 17.4. The van der Waals surface area contributed by atoms with Gasteiger partial charge >= 0.3 is 5.97 Å². The maximum absolute atomic E-state index is 12.0. The standard InChI is InChI=1S/C29H38N2O6/c1-5-23(6-2)37-27-16-22(29(33)34)15-26(28(27)31-19(3)32)30-17-20-10-12-24(13-11-20)36-18-21-8-7-9-25(14-21)35-4/h7-14,16,23,26-28,30H,5-6,15,17-18H2,1-4H3,(H,31,32)(H,33,34)/t26-,27+,28+/m0/s1. The van der Waals surface area contributed by atoms with Gasteiger partial charge in [0.25, 0.3) is 0 Å². The van der Waals surface area contributed by atoms with Crippen LogP contribution in [-0.2, 0) is 27.5 Å². The first-order valence-electron chi connectivity index (χ1n) is 12.8. The monoisotopic (exact) mass is 510 g/mol. The number of methoxy groups -OCH3 is 1. The molecule has 1 aliphatic carbocycles. The van der Waals surface area contributed by atoms with Crippen LogP contribution in [0.5, 0.6) is 11.5 Å². The van der Waals surface area contributed by atoms with Gasteiger partial charge in [-0.3, -0.25) is 4.79 Å². The van der Waals surface area contributed by atoms with Crippen molar-refractivity contribution in [3.8, 4) is 11.5 Å². The molecule has 0 unspecified atom stereocenters. The van der Waals surface area contributed by atoms with Gasteiger partial charge in [0.2, 0.25) is 5.91 Å². The van der Waals surface area contributed by atoms with Crippen molar-refractivity contribution >= 4 is 11.9 Å². The molecule has 8 heteroatoms. The van der Waals surface area contributed by atoms with Gasteiger partial charge in [0, 0.05) is 25.1 Å². The van der Waals surface area contributed by atoms with Gasteiger partial charge < -0.3 is 30.0 Å². The van der Waals surface area contributed by atoms with Crippen LogP contribution in [0, 0.1) is 0 Å². The van der Waals surface area contributed by atoms with Crippen molar-refractivity contribution in [3.05, 3.63) is 71.3 Å². The van der Waals surface area contributed by atoms with Crippen molar-refractivity contribution in [2.24, 2.45) is 0 Å². The summed E-state index contributed by atoms with van der Waals surface area (Å²) in [4.78, 5) is 23.9. The summed E-state index contributed by atoms with van der Waals surface area (Å²) >= 11 is 0. The quantitative estimate of drug-likeness (QED) is 0.370. The van der Waals surface area contributed by atoms with Gasteiger partial charge in [-0.05, 0) is 60.7 Å². The molecular weight excluding hydrogens is 472 g/mol. The molecule has 0 heterocycles. The molecule has 0 aromatic heterocycles. The molecule has 2 aromatic carbocycles. The molecule has 1 amide bonds. The average molecular weight is 511 g/mol. The zero-order valence-corrected chi connectivity index (χ0v) is 22.0. The number of aliphatic carboxylic acids is 1. The predicted octanol–water partition coefficient (Wildman–Crippen LogP) is 4.23. The zero-order chi connectivity index (χ0) is 26.8. The van der Waals surface area contributed by atoms with Crippen LogP contribution in [0.4, 0.5) is 0 Å². The maximum atomic E-state index is 12.0. The van der Waals surface area contributed by atoms with Crippen molar-refractivity contribution in [1.29, 1.82) is 0 Å². The third-order valence-corrected chi connectivity index (χ3v) is 6.53. The van der Waals surface area contributed by atoms with E-state index in [9.17, 15) is 14.7 Å². The van der Waals surface area contributed by atoms with Gasteiger partial charge in [-0.15, -0.1) is 0 Å². The van der Waals surface area contributed by atoms with E-state index in [1.807, 2.05) is 62.4 Å². The molecule has 0 saturated heterocycles. The van der Waals surface area contributed by atoms with Crippen LogP contribution in [0.1, 0.15) is 51.2 Å². The van der Waals surface area contributed by atoms with Crippen LogP contribution in [0.2, 0.25) is 0 Å². The topological polar surface area (TPSA) is 106 Å². The molecule has 3 atom stereocenters. The fraction of sp³-hybridized carbons (Fsp3) is 0.448. The van der Waals surface area contributed by atoms with E-state index < -0.39 is 12.1 Å². The van der Waals surface area contributed by atoms with Crippen molar-refractivity contribution < 1.29 is 28.9 Å². The third-order valence-electron chi connectivity index (χ3n) is 6.53. The second-order valence-electron chi connectivity index (χ2n) is 9.24. The van der Waals surface area contributed by atoms with E-state index in [-0.39, 0.29) is 36.1 Å². The van der Waals surface area contributed by atoms with Crippen molar-refractivity contribution in [1.82, 2.24) is 10.6 Å². The fourth-order valence-electron chi connectivity index (χ4n) is 4.45. The minimum absolute atomic E-state index is 0.0178. The molecule has 0 fully saturated rings. The maximum Gasteiger partial charge on any atom is 0.331 e. The number of nitrogens with one attached hydrogen (secondary N) is 2. The summed E-state index contributed by atoms with van der Waals surface area (Å²) in [5.41, 5.74) is 2.31. The van der Waals surface area contributed by atoms with E-state index >= 15 is 0 Å². The van der Waals surface area contributed by atoms with E-state index in [0.29, 0.717) is 13.2 Å². The minimum Gasteiger partial charge on any atom is -0.497 e. The van der Waals surface area contributed by atoms with Gasteiger partial charge in [-0.25, -0.2) is 4.79 Å². The largest absolute Gasteiger partial charge is 0.497 e. The number of benzene rings is 2. The van der Waals surface area contributed by atoms with Crippen LogP contribution in [0.3, 0.4) is 0 Å². The highest BCUT2D eigenvalue weighted by Gasteiger charge is 2.37. The molecule has 3 N–H and O–H groups in total. The molecule has 0 spiro atoms. The lowest BCUT2D eigenvalue weighted by atomic mass is 9.87. The number of rotatable bonds is 13. The van der Waals surface area contributed by atoms with E-state index in [4.69, 9.17) is 14.2 Å². The summed E-state index contributed by atoms with van der Waals surface area (Å²) in [5.74, 6) is 0.384. The van der Waals surface area contributed by atoms with Crippen LogP contribution >= 0.6 is 0 Å². The summed E-state index contributed by atoms with van der Waals surface area (Å²) in [7, 11) is 1.64. The van der Waals surface area contributed by atoms with Gasteiger partial charge in [-0.2, -0.15) is 0 Å². The van der Waals surface area contributed by atoms with Crippen LogP contribution in [-0.4, -0.2) is 48.4 Å². The van der Waals surface area contributed by atoms with Gasteiger partial charge in [0.05, 0.1) is 25.4 Å². The summed E-state index contributed by atoms with van der Waals surface area (Å²) in [5, 5.41) is 16.2. The van der Waals surface area contributed by atoms with Crippen molar-refractivity contribution in [2.45, 2.75) is 77.5 Å². The highest BCUT2D eigenvalue weighted by atomic mass is 16.5. The summed E-state index contributed by atoms with van der Waals surface area (Å²) in [6.07, 6.45) is 2.99. The van der Waals surface area contributed by atoms with E-state index in [1.165, 1.54) is 6.92 Å². The van der Waals surface area contributed by atoms with Crippen LogP contribution in [0.15, 0.2) is 60.2 Å². The lowest BCUT2D eigenvalue weighted by Crippen LogP contribution is -2.58. The van der Waals surface area contributed by atoms with E-state index in [0.717, 1.165) is 35.5 Å². The summed E-state index contributed by atoms with van der Waals surface area (Å²) in [6.45, 7) is 6.46. The normalized spacial score (nSPS) is 19.3. The molecule has 3 rings (SSSR count). The molecule has 2 aromatic rings. The number of carboxylic acids is 1. The Hall–Kier alpha value is -3.36. The van der Waals surface area contributed by atoms with Gasteiger partial charge in [0.1, 0.15) is 18.1 Å². The molecule has 0 bridgehead atoms. The average Bonchev–Trinajstić information content (AvgIpc) is 2.90. The molecule has 1 aliphatic rings. The third kappa shape index (κ3) is 8.33. The van der Waals surface area contributed by atoms with Gasteiger partial charge in [0.15, 0.2) is 0 Å². The first kappa shape index (κ1) is 28.2. The Morgan fingerprint density at radius 2 is 1.78 bits per heavy atom. The number of carbonyl (C=O) groups is 2. The number of ether oxygens (including phenoxy) is 3. The number of amides is 1. The van der Waals surface area contributed by atoms with E-state index in [1.54, 1.807) is 13.2 Å². The number of carboxylic acid groups (broad SMARTS) is 1. The fourth-order valence-corrected chi connectivity index (χ4v) is 4.45. The first-order chi connectivity index (χ1) is 17.8. The van der Waals surface area contributed by atoms with Crippen molar-refractivity contribution in [3.63, 3.8) is 0 Å². The Kier molecular flexibility index (Phi) is 10.5. The van der Waals surface area contributed by atoms with E-state index in [2.05, 4.69) is 10.6 Å². The zero-order valence-electron chi connectivity index (χ0n) is 22.0. The molecule has 0 radical (unpaired) electrons. The smallest absolute Gasteiger partial charge is 0.331 e.